The van der Waals surface area contributed by atoms with Crippen molar-refractivity contribution >= 4 is 11.3 Å². The summed E-state index contributed by atoms with van der Waals surface area (Å²) in [6.45, 7) is 3.09. The van der Waals surface area contributed by atoms with Gasteiger partial charge in [0.15, 0.2) is 0 Å². The number of hydrogen-bond acceptors (Lipinski definition) is 1. The van der Waals surface area contributed by atoms with E-state index in [1.54, 1.807) is 0 Å². The number of hydrogen-bond donors (Lipinski definition) is 1. The SMILES string of the molecule is CC1=CC=C(c2cccc(C3=CC=CCC3)c2)NC1. The van der Waals surface area contributed by atoms with Gasteiger partial charge in [-0.15, -0.1) is 0 Å². The molecule has 0 fully saturated rings. The van der Waals surface area contributed by atoms with Gasteiger partial charge in [-0.05, 0) is 48.6 Å². The van der Waals surface area contributed by atoms with Gasteiger partial charge in [0.2, 0.25) is 0 Å². The first-order chi connectivity index (χ1) is 9.33. The summed E-state index contributed by atoms with van der Waals surface area (Å²) in [6, 6.07) is 8.82. The van der Waals surface area contributed by atoms with E-state index < -0.39 is 0 Å². The van der Waals surface area contributed by atoms with Gasteiger partial charge in [0.25, 0.3) is 0 Å². The van der Waals surface area contributed by atoms with Gasteiger partial charge in [-0.3, -0.25) is 0 Å². The number of benzene rings is 1. The molecule has 0 unspecified atom stereocenters. The molecular weight excluding hydrogens is 230 g/mol. The van der Waals surface area contributed by atoms with Crippen molar-refractivity contribution in [1.82, 2.24) is 5.32 Å². The first-order valence-corrected chi connectivity index (χ1v) is 6.91. The van der Waals surface area contributed by atoms with Crippen LogP contribution >= 0.6 is 0 Å². The standard InChI is InChI=1S/C18H19N/c1-14-10-11-18(19-13-14)17-9-5-8-16(12-17)15-6-3-2-4-7-15/h2-3,5-6,8-12,19H,4,7,13H2,1H3. The van der Waals surface area contributed by atoms with Gasteiger partial charge in [-0.25, -0.2) is 0 Å². The maximum Gasteiger partial charge on any atom is 0.0416 e. The Morgan fingerprint density at radius 2 is 1.95 bits per heavy atom. The zero-order valence-corrected chi connectivity index (χ0v) is 11.3. The van der Waals surface area contributed by atoms with Crippen LogP contribution in [-0.4, -0.2) is 6.54 Å². The van der Waals surface area contributed by atoms with Crippen LogP contribution in [0.25, 0.3) is 11.3 Å². The van der Waals surface area contributed by atoms with Crippen molar-refractivity contribution in [3.05, 3.63) is 71.3 Å². The maximum absolute atomic E-state index is 3.47. The third-order valence-electron chi connectivity index (χ3n) is 3.65. The van der Waals surface area contributed by atoms with Crippen molar-refractivity contribution in [2.24, 2.45) is 0 Å². The second kappa shape index (κ2) is 5.31. The van der Waals surface area contributed by atoms with Crippen LogP contribution in [0.1, 0.15) is 30.9 Å². The summed E-state index contributed by atoms with van der Waals surface area (Å²) in [6.07, 6.45) is 13.3. The molecule has 1 heterocycles. The zero-order chi connectivity index (χ0) is 13.1. The van der Waals surface area contributed by atoms with E-state index in [0.29, 0.717) is 0 Å². The lowest BCUT2D eigenvalue weighted by Gasteiger charge is -2.17. The lowest BCUT2D eigenvalue weighted by atomic mass is 9.95. The summed E-state index contributed by atoms with van der Waals surface area (Å²) >= 11 is 0. The minimum Gasteiger partial charge on any atom is -0.381 e. The molecule has 0 amide bonds. The summed E-state index contributed by atoms with van der Waals surface area (Å²) in [5.74, 6) is 0. The van der Waals surface area contributed by atoms with E-state index in [-0.39, 0.29) is 0 Å². The fourth-order valence-electron chi connectivity index (χ4n) is 2.51. The Bertz CT molecular complexity index is 600. The van der Waals surface area contributed by atoms with Crippen LogP contribution < -0.4 is 5.32 Å². The van der Waals surface area contributed by atoms with Crippen LogP contribution in [0.4, 0.5) is 0 Å². The third kappa shape index (κ3) is 2.70. The molecule has 0 aromatic heterocycles. The number of dihydropyridines is 1. The summed E-state index contributed by atoms with van der Waals surface area (Å²) in [5, 5.41) is 3.47. The monoisotopic (exact) mass is 249 g/mol. The van der Waals surface area contributed by atoms with Crippen LogP contribution in [-0.2, 0) is 0 Å². The maximum atomic E-state index is 3.47. The molecule has 0 saturated carbocycles. The van der Waals surface area contributed by atoms with Crippen molar-refractivity contribution in [2.45, 2.75) is 19.8 Å². The highest BCUT2D eigenvalue weighted by Gasteiger charge is 2.08. The van der Waals surface area contributed by atoms with Gasteiger partial charge in [-0.2, -0.15) is 0 Å². The summed E-state index contributed by atoms with van der Waals surface area (Å²) in [5.41, 5.74) is 6.65. The van der Waals surface area contributed by atoms with Crippen molar-refractivity contribution in [3.63, 3.8) is 0 Å². The zero-order valence-electron chi connectivity index (χ0n) is 11.3. The van der Waals surface area contributed by atoms with Crippen LogP contribution in [0.15, 0.2) is 60.2 Å². The Labute approximate surface area is 115 Å². The molecule has 0 atom stereocenters. The first-order valence-electron chi connectivity index (χ1n) is 6.91. The predicted octanol–water partition coefficient (Wildman–Crippen LogP) is 4.31. The number of allylic oxidation sites excluding steroid dienone is 6. The molecule has 1 aromatic carbocycles. The smallest absolute Gasteiger partial charge is 0.0416 e. The van der Waals surface area contributed by atoms with Gasteiger partial charge >= 0.3 is 0 Å². The van der Waals surface area contributed by atoms with E-state index in [1.165, 1.54) is 28.0 Å². The van der Waals surface area contributed by atoms with Gasteiger partial charge in [0.05, 0.1) is 0 Å². The molecule has 1 aliphatic carbocycles. The third-order valence-corrected chi connectivity index (χ3v) is 3.65. The Morgan fingerprint density at radius 3 is 2.68 bits per heavy atom. The van der Waals surface area contributed by atoms with E-state index in [2.05, 4.69) is 66.9 Å². The Balaban J connectivity index is 1.92. The fourth-order valence-corrected chi connectivity index (χ4v) is 2.51. The number of nitrogens with one attached hydrogen (secondary N) is 1. The van der Waals surface area contributed by atoms with Gasteiger partial charge in [0.1, 0.15) is 0 Å². The molecule has 1 heteroatoms. The van der Waals surface area contributed by atoms with Crippen LogP contribution in [0, 0.1) is 0 Å². The first kappa shape index (κ1) is 12.0. The highest BCUT2D eigenvalue weighted by atomic mass is 14.9. The normalized spacial score (nSPS) is 18.3. The molecule has 19 heavy (non-hydrogen) atoms. The molecule has 1 N–H and O–H groups in total. The van der Waals surface area contributed by atoms with Crippen molar-refractivity contribution in [1.29, 1.82) is 0 Å². The van der Waals surface area contributed by atoms with E-state index in [4.69, 9.17) is 0 Å². The van der Waals surface area contributed by atoms with Gasteiger partial charge < -0.3 is 5.32 Å². The lowest BCUT2D eigenvalue weighted by molar-refractivity contribution is 0.941. The lowest BCUT2D eigenvalue weighted by Crippen LogP contribution is -2.17. The van der Waals surface area contributed by atoms with Crippen molar-refractivity contribution < 1.29 is 0 Å². The quantitative estimate of drug-likeness (QED) is 0.823. The molecule has 0 spiro atoms. The minimum absolute atomic E-state index is 0.946. The van der Waals surface area contributed by atoms with Crippen LogP contribution in [0.5, 0.6) is 0 Å². The fraction of sp³-hybridized carbons (Fsp3) is 0.222. The molecule has 0 saturated heterocycles. The second-order valence-corrected chi connectivity index (χ2v) is 5.19. The van der Waals surface area contributed by atoms with Gasteiger partial charge in [-0.1, -0.05) is 48.1 Å². The molecule has 0 bridgehead atoms. The molecular formula is C18H19N. The number of rotatable bonds is 2. The molecule has 0 radical (unpaired) electrons. The molecule has 1 aromatic rings. The van der Waals surface area contributed by atoms with Crippen molar-refractivity contribution in [3.8, 4) is 0 Å². The minimum atomic E-state index is 0.946. The highest BCUT2D eigenvalue weighted by Crippen LogP contribution is 2.26. The van der Waals surface area contributed by atoms with Gasteiger partial charge in [0, 0.05) is 12.2 Å². The largest absolute Gasteiger partial charge is 0.381 e. The average Bonchev–Trinajstić information content (AvgIpc) is 2.49. The molecule has 96 valence electrons. The molecule has 3 rings (SSSR count). The highest BCUT2D eigenvalue weighted by molar-refractivity contribution is 5.74. The molecule has 1 aliphatic heterocycles. The van der Waals surface area contributed by atoms with E-state index >= 15 is 0 Å². The summed E-state index contributed by atoms with van der Waals surface area (Å²) in [7, 11) is 0. The van der Waals surface area contributed by atoms with Crippen LogP contribution in [0.2, 0.25) is 0 Å². The topological polar surface area (TPSA) is 12.0 Å². The Kier molecular flexibility index (Phi) is 3.37. The van der Waals surface area contributed by atoms with E-state index in [0.717, 1.165) is 19.4 Å². The van der Waals surface area contributed by atoms with E-state index in [1.807, 2.05) is 0 Å². The summed E-state index contributed by atoms with van der Waals surface area (Å²) < 4.78 is 0. The molecule has 2 aliphatic rings. The molecule has 1 nitrogen and oxygen atoms in total. The van der Waals surface area contributed by atoms with E-state index in [9.17, 15) is 0 Å². The summed E-state index contributed by atoms with van der Waals surface area (Å²) in [4.78, 5) is 0. The van der Waals surface area contributed by atoms with Crippen molar-refractivity contribution in [2.75, 3.05) is 6.54 Å². The second-order valence-electron chi connectivity index (χ2n) is 5.19. The Morgan fingerprint density at radius 1 is 1.05 bits per heavy atom. The average molecular weight is 249 g/mol. The predicted molar refractivity (Wildman–Crippen MR) is 82.5 cm³/mol. The van der Waals surface area contributed by atoms with Crippen LogP contribution in [0.3, 0.4) is 0 Å². The Hall–Kier alpha value is -2.02.